The van der Waals surface area contributed by atoms with Gasteiger partial charge in [-0.1, -0.05) is 24.3 Å². The van der Waals surface area contributed by atoms with Crippen LogP contribution in [0.15, 0.2) is 53.7 Å². The first-order valence-electron chi connectivity index (χ1n) is 7.30. The van der Waals surface area contributed by atoms with Gasteiger partial charge in [0.25, 0.3) is 11.5 Å². The van der Waals surface area contributed by atoms with E-state index in [1.165, 1.54) is 17.1 Å². The van der Waals surface area contributed by atoms with Crippen LogP contribution in [0.1, 0.15) is 16.1 Å². The molecule has 0 fully saturated rings. The van der Waals surface area contributed by atoms with Crippen LogP contribution in [0.2, 0.25) is 0 Å². The fourth-order valence-electron chi connectivity index (χ4n) is 2.29. The Morgan fingerprint density at radius 3 is 2.91 bits per heavy atom. The lowest BCUT2D eigenvalue weighted by molar-refractivity contribution is 0.0947. The Morgan fingerprint density at radius 2 is 2.04 bits per heavy atom. The highest BCUT2D eigenvalue weighted by Crippen LogP contribution is 2.11. The molecule has 1 aromatic carbocycles. The van der Waals surface area contributed by atoms with E-state index in [9.17, 15) is 9.59 Å². The molecule has 0 bridgehead atoms. The van der Waals surface area contributed by atoms with E-state index in [2.05, 4.69) is 15.3 Å². The van der Waals surface area contributed by atoms with Crippen LogP contribution in [0, 0.1) is 6.92 Å². The van der Waals surface area contributed by atoms with Gasteiger partial charge < -0.3 is 5.32 Å². The lowest BCUT2D eigenvalue weighted by Gasteiger charge is -2.08. The summed E-state index contributed by atoms with van der Waals surface area (Å²) in [5, 5.41) is 3.76. The Labute approximate surface area is 132 Å². The van der Waals surface area contributed by atoms with E-state index < -0.39 is 0 Å². The number of aryl methyl sites for hydroxylation is 1. The van der Waals surface area contributed by atoms with Crippen molar-refractivity contribution in [3.05, 3.63) is 70.5 Å². The van der Waals surface area contributed by atoms with Gasteiger partial charge in [0.05, 0.1) is 11.8 Å². The Kier molecular flexibility index (Phi) is 4.14. The Morgan fingerprint density at radius 1 is 1.22 bits per heavy atom. The molecule has 0 radical (unpaired) electrons. The average Bonchev–Trinajstić information content (AvgIpc) is 2.58. The fraction of sp³-hybridized carbons (Fsp3) is 0.176. The lowest BCUT2D eigenvalue weighted by atomic mass is 10.2. The molecule has 2 heterocycles. The molecule has 1 N–H and O–H groups in total. The molecule has 0 atom stereocenters. The third-order valence-electron chi connectivity index (χ3n) is 3.54. The monoisotopic (exact) mass is 308 g/mol. The van der Waals surface area contributed by atoms with Gasteiger partial charge >= 0.3 is 0 Å². The van der Waals surface area contributed by atoms with E-state index in [1.807, 2.05) is 30.3 Å². The van der Waals surface area contributed by atoms with Crippen LogP contribution in [-0.2, 0) is 6.54 Å². The molecule has 6 nitrogen and oxygen atoms in total. The number of carbonyl (C=O) groups excluding carboxylic acids is 1. The van der Waals surface area contributed by atoms with E-state index >= 15 is 0 Å². The summed E-state index contributed by atoms with van der Waals surface area (Å²) in [5.74, 6) is -0.260. The minimum Gasteiger partial charge on any atom is -0.349 e. The summed E-state index contributed by atoms with van der Waals surface area (Å²) in [4.78, 5) is 32.3. The van der Waals surface area contributed by atoms with Crippen molar-refractivity contribution in [1.29, 1.82) is 0 Å². The highest BCUT2D eigenvalue weighted by Gasteiger charge is 2.08. The summed E-state index contributed by atoms with van der Waals surface area (Å²) in [6.45, 7) is 2.41. The number of rotatable bonds is 4. The summed E-state index contributed by atoms with van der Waals surface area (Å²) in [7, 11) is 0. The second-order valence-electron chi connectivity index (χ2n) is 5.22. The van der Waals surface area contributed by atoms with Gasteiger partial charge in [0.15, 0.2) is 0 Å². The van der Waals surface area contributed by atoms with Crippen molar-refractivity contribution in [2.75, 3.05) is 6.54 Å². The van der Waals surface area contributed by atoms with Gasteiger partial charge in [-0.3, -0.25) is 14.2 Å². The fourth-order valence-corrected chi connectivity index (χ4v) is 2.29. The number of fused-ring (bicyclic) bond motifs is 1. The van der Waals surface area contributed by atoms with Gasteiger partial charge in [-0.05, 0) is 19.1 Å². The summed E-state index contributed by atoms with van der Waals surface area (Å²) < 4.78 is 1.48. The second-order valence-corrected chi connectivity index (χ2v) is 5.22. The largest absolute Gasteiger partial charge is 0.349 e. The van der Waals surface area contributed by atoms with Crippen LogP contribution in [0.3, 0.4) is 0 Å². The van der Waals surface area contributed by atoms with Crippen molar-refractivity contribution in [1.82, 2.24) is 19.9 Å². The van der Waals surface area contributed by atoms with E-state index in [0.29, 0.717) is 24.3 Å². The van der Waals surface area contributed by atoms with E-state index in [4.69, 9.17) is 0 Å². The SMILES string of the molecule is Cc1cncn(CCNC(=O)c2ccc3ccccc3n2)c1=O. The minimum absolute atomic E-state index is 0.0990. The molecule has 0 aliphatic heterocycles. The van der Waals surface area contributed by atoms with Gasteiger partial charge in [-0.2, -0.15) is 0 Å². The molecule has 0 spiro atoms. The number of carbonyl (C=O) groups is 1. The molecule has 1 amide bonds. The van der Waals surface area contributed by atoms with Crippen molar-refractivity contribution < 1.29 is 4.79 Å². The number of nitrogens with zero attached hydrogens (tertiary/aromatic N) is 3. The summed E-state index contributed by atoms with van der Waals surface area (Å²) in [6, 6.07) is 11.2. The predicted molar refractivity (Wildman–Crippen MR) is 87.3 cm³/mol. The Bertz CT molecular complexity index is 918. The van der Waals surface area contributed by atoms with Crippen molar-refractivity contribution in [3.63, 3.8) is 0 Å². The van der Waals surface area contributed by atoms with E-state index in [1.54, 1.807) is 13.0 Å². The number of nitrogens with one attached hydrogen (secondary N) is 1. The normalized spacial score (nSPS) is 10.7. The van der Waals surface area contributed by atoms with Crippen LogP contribution in [0.5, 0.6) is 0 Å². The molecule has 0 saturated carbocycles. The van der Waals surface area contributed by atoms with E-state index in [-0.39, 0.29) is 11.5 Å². The molecule has 116 valence electrons. The minimum atomic E-state index is -0.260. The predicted octanol–water partition coefficient (Wildman–Crippen LogP) is 1.53. The highest BCUT2D eigenvalue weighted by atomic mass is 16.2. The average molecular weight is 308 g/mol. The first kappa shape index (κ1) is 14.9. The number of amides is 1. The molecule has 3 rings (SSSR count). The lowest BCUT2D eigenvalue weighted by Crippen LogP contribution is -2.31. The number of hydrogen-bond acceptors (Lipinski definition) is 4. The molecular formula is C17H16N4O2. The van der Waals surface area contributed by atoms with Gasteiger partial charge in [0.1, 0.15) is 5.69 Å². The van der Waals surface area contributed by atoms with Crippen molar-refractivity contribution >= 4 is 16.8 Å². The first-order valence-corrected chi connectivity index (χ1v) is 7.30. The number of aromatic nitrogens is 3. The molecule has 0 aliphatic rings. The van der Waals surface area contributed by atoms with Gasteiger partial charge in [0.2, 0.25) is 0 Å². The van der Waals surface area contributed by atoms with Gasteiger partial charge in [0, 0.05) is 30.2 Å². The summed E-state index contributed by atoms with van der Waals surface area (Å²) in [6.07, 6.45) is 2.99. The number of benzene rings is 1. The molecule has 2 aromatic heterocycles. The van der Waals surface area contributed by atoms with Crippen LogP contribution in [0.25, 0.3) is 10.9 Å². The zero-order chi connectivity index (χ0) is 16.2. The zero-order valence-corrected chi connectivity index (χ0v) is 12.7. The number of pyridine rings is 1. The third kappa shape index (κ3) is 3.26. The zero-order valence-electron chi connectivity index (χ0n) is 12.7. The van der Waals surface area contributed by atoms with Crippen LogP contribution in [-0.4, -0.2) is 27.0 Å². The molecule has 6 heteroatoms. The standard InChI is InChI=1S/C17H16N4O2/c1-12-10-18-11-21(17(12)23)9-8-19-16(22)15-7-6-13-4-2-3-5-14(13)20-15/h2-7,10-11H,8-9H2,1H3,(H,19,22). The maximum absolute atomic E-state index is 12.2. The topological polar surface area (TPSA) is 76.9 Å². The van der Waals surface area contributed by atoms with Crippen LogP contribution in [0.4, 0.5) is 0 Å². The molecule has 0 saturated heterocycles. The molecule has 23 heavy (non-hydrogen) atoms. The van der Waals surface area contributed by atoms with Gasteiger partial charge in [-0.25, -0.2) is 9.97 Å². The van der Waals surface area contributed by atoms with Crippen molar-refractivity contribution in [2.24, 2.45) is 0 Å². The number of hydrogen-bond donors (Lipinski definition) is 1. The maximum atomic E-state index is 12.2. The van der Waals surface area contributed by atoms with Crippen molar-refractivity contribution in [2.45, 2.75) is 13.5 Å². The molecule has 0 unspecified atom stereocenters. The number of para-hydroxylation sites is 1. The Hall–Kier alpha value is -3.02. The van der Waals surface area contributed by atoms with Crippen LogP contribution >= 0.6 is 0 Å². The third-order valence-corrected chi connectivity index (χ3v) is 3.54. The maximum Gasteiger partial charge on any atom is 0.269 e. The van der Waals surface area contributed by atoms with Crippen molar-refractivity contribution in [3.8, 4) is 0 Å². The summed E-state index contributed by atoms with van der Waals surface area (Å²) >= 11 is 0. The quantitative estimate of drug-likeness (QED) is 0.793. The van der Waals surface area contributed by atoms with Crippen LogP contribution < -0.4 is 10.9 Å². The Balaban J connectivity index is 1.66. The molecule has 3 aromatic rings. The van der Waals surface area contributed by atoms with Gasteiger partial charge in [-0.15, -0.1) is 0 Å². The second kappa shape index (κ2) is 6.39. The summed E-state index contributed by atoms with van der Waals surface area (Å²) in [5.41, 5.74) is 1.62. The first-order chi connectivity index (χ1) is 11.1. The highest BCUT2D eigenvalue weighted by molar-refractivity contribution is 5.94. The molecular weight excluding hydrogens is 292 g/mol. The van der Waals surface area contributed by atoms with E-state index in [0.717, 1.165) is 10.9 Å². The smallest absolute Gasteiger partial charge is 0.269 e. The molecule has 0 aliphatic carbocycles.